The number of thiophene rings is 1. The molecule has 15 heavy (non-hydrogen) atoms. The normalized spacial score (nSPS) is 9.73. The standard InChI is InChI=1S/C9H12N2O3S/c1-5-6(10)3-7(15-5)9(13)14-4-8(12)11-2/h3H,4,10H2,1-2H3,(H,11,12). The molecule has 0 fully saturated rings. The van der Waals surface area contributed by atoms with Gasteiger partial charge in [-0.05, 0) is 13.0 Å². The Bertz CT molecular complexity index is 367. The van der Waals surface area contributed by atoms with Gasteiger partial charge in [0.05, 0.1) is 0 Å². The lowest BCUT2D eigenvalue weighted by molar-refractivity contribution is -0.123. The molecule has 3 N–H and O–H groups in total. The quantitative estimate of drug-likeness (QED) is 0.740. The number of hydrogen-bond donors (Lipinski definition) is 2. The van der Waals surface area contributed by atoms with Crippen LogP contribution in [0.15, 0.2) is 6.07 Å². The molecular formula is C9H12N2O3S. The SMILES string of the molecule is CNC(=O)COC(=O)c1cc(N)c(C)s1. The molecule has 0 aliphatic rings. The van der Waals surface area contributed by atoms with Crippen molar-refractivity contribution in [3.63, 3.8) is 0 Å². The maximum absolute atomic E-state index is 11.4. The van der Waals surface area contributed by atoms with E-state index in [4.69, 9.17) is 10.5 Å². The molecule has 0 atom stereocenters. The third-order valence-corrected chi connectivity index (χ3v) is 2.82. The van der Waals surface area contributed by atoms with E-state index >= 15 is 0 Å². The van der Waals surface area contributed by atoms with Crippen LogP contribution in [0, 0.1) is 6.92 Å². The summed E-state index contributed by atoms with van der Waals surface area (Å²) in [7, 11) is 1.48. The topological polar surface area (TPSA) is 81.4 Å². The number of anilines is 1. The van der Waals surface area contributed by atoms with Gasteiger partial charge in [0.2, 0.25) is 0 Å². The van der Waals surface area contributed by atoms with Crippen LogP contribution in [0.5, 0.6) is 0 Å². The highest BCUT2D eigenvalue weighted by Gasteiger charge is 2.13. The van der Waals surface area contributed by atoms with Crippen LogP contribution in [0.25, 0.3) is 0 Å². The van der Waals surface area contributed by atoms with E-state index in [1.807, 2.05) is 6.92 Å². The van der Waals surface area contributed by atoms with Crippen molar-refractivity contribution in [1.29, 1.82) is 0 Å². The van der Waals surface area contributed by atoms with Crippen molar-refractivity contribution in [2.24, 2.45) is 0 Å². The van der Waals surface area contributed by atoms with Crippen molar-refractivity contribution in [3.8, 4) is 0 Å². The fourth-order valence-corrected chi connectivity index (χ4v) is 1.71. The Kier molecular flexibility index (Phi) is 3.68. The van der Waals surface area contributed by atoms with Gasteiger partial charge in [-0.3, -0.25) is 4.79 Å². The average molecular weight is 228 g/mol. The maximum atomic E-state index is 11.4. The van der Waals surface area contributed by atoms with Crippen LogP contribution in [0.1, 0.15) is 14.5 Å². The number of hydrogen-bond acceptors (Lipinski definition) is 5. The number of likely N-dealkylation sites (N-methyl/N-ethyl adjacent to an activating group) is 1. The molecule has 1 aromatic rings. The average Bonchev–Trinajstić information content (AvgIpc) is 2.55. The Morgan fingerprint density at radius 2 is 2.27 bits per heavy atom. The summed E-state index contributed by atoms with van der Waals surface area (Å²) in [6, 6.07) is 1.55. The lowest BCUT2D eigenvalue weighted by Gasteiger charge is -2.00. The Morgan fingerprint density at radius 3 is 2.73 bits per heavy atom. The third kappa shape index (κ3) is 2.95. The number of nitrogens with one attached hydrogen (secondary N) is 1. The van der Waals surface area contributed by atoms with Gasteiger partial charge in [0.25, 0.3) is 5.91 Å². The van der Waals surface area contributed by atoms with E-state index in [9.17, 15) is 9.59 Å². The van der Waals surface area contributed by atoms with Crippen molar-refractivity contribution < 1.29 is 14.3 Å². The zero-order valence-corrected chi connectivity index (χ0v) is 9.31. The molecule has 6 heteroatoms. The monoisotopic (exact) mass is 228 g/mol. The van der Waals surface area contributed by atoms with Crippen LogP contribution in [0.3, 0.4) is 0 Å². The molecule has 0 aliphatic heterocycles. The number of ether oxygens (including phenoxy) is 1. The van der Waals surface area contributed by atoms with E-state index in [-0.39, 0.29) is 12.5 Å². The van der Waals surface area contributed by atoms with E-state index in [0.717, 1.165) is 4.88 Å². The molecule has 1 rings (SSSR count). The fraction of sp³-hybridized carbons (Fsp3) is 0.333. The first kappa shape index (κ1) is 11.5. The number of carbonyl (C=O) groups excluding carboxylic acids is 2. The van der Waals surface area contributed by atoms with Crippen molar-refractivity contribution in [2.45, 2.75) is 6.92 Å². The molecule has 0 bridgehead atoms. The third-order valence-electron chi connectivity index (χ3n) is 1.77. The van der Waals surface area contributed by atoms with Crippen LogP contribution >= 0.6 is 11.3 Å². The lowest BCUT2D eigenvalue weighted by atomic mass is 10.4. The van der Waals surface area contributed by atoms with Crippen molar-refractivity contribution in [3.05, 3.63) is 15.8 Å². The van der Waals surface area contributed by atoms with E-state index in [1.54, 1.807) is 6.07 Å². The molecule has 1 aromatic heterocycles. The minimum absolute atomic E-state index is 0.272. The van der Waals surface area contributed by atoms with Gasteiger partial charge < -0.3 is 15.8 Å². The predicted molar refractivity (Wildman–Crippen MR) is 57.8 cm³/mol. The summed E-state index contributed by atoms with van der Waals surface area (Å²) in [4.78, 5) is 23.5. The molecule has 82 valence electrons. The van der Waals surface area contributed by atoms with E-state index < -0.39 is 5.97 Å². The number of nitrogens with two attached hydrogens (primary N) is 1. The highest BCUT2D eigenvalue weighted by atomic mass is 32.1. The highest BCUT2D eigenvalue weighted by molar-refractivity contribution is 7.14. The Balaban J connectivity index is 2.58. The molecule has 0 aliphatic carbocycles. The van der Waals surface area contributed by atoms with Gasteiger partial charge in [0, 0.05) is 17.6 Å². The first-order chi connectivity index (χ1) is 7.04. The molecule has 0 aromatic carbocycles. The molecule has 0 saturated carbocycles. The minimum atomic E-state index is -0.525. The molecule has 5 nitrogen and oxygen atoms in total. The summed E-state index contributed by atoms with van der Waals surface area (Å²) >= 11 is 1.25. The zero-order valence-electron chi connectivity index (χ0n) is 8.49. The minimum Gasteiger partial charge on any atom is -0.451 e. The van der Waals surface area contributed by atoms with E-state index in [1.165, 1.54) is 18.4 Å². The van der Waals surface area contributed by atoms with Crippen LogP contribution in [0.4, 0.5) is 5.69 Å². The largest absolute Gasteiger partial charge is 0.451 e. The summed E-state index contributed by atoms with van der Waals surface area (Å²) in [5, 5.41) is 2.35. The second kappa shape index (κ2) is 4.79. The lowest BCUT2D eigenvalue weighted by Crippen LogP contribution is -2.24. The summed E-state index contributed by atoms with van der Waals surface area (Å²) in [6.07, 6.45) is 0. The van der Waals surface area contributed by atoms with Gasteiger partial charge in [-0.15, -0.1) is 11.3 Å². The number of esters is 1. The summed E-state index contributed by atoms with van der Waals surface area (Å²) < 4.78 is 4.75. The summed E-state index contributed by atoms with van der Waals surface area (Å²) in [6.45, 7) is 1.54. The van der Waals surface area contributed by atoms with Crippen LogP contribution in [0.2, 0.25) is 0 Å². The van der Waals surface area contributed by atoms with Crippen molar-refractivity contribution in [1.82, 2.24) is 5.32 Å². The predicted octanol–water partition coefficient (Wildman–Crippen LogP) is 0.542. The van der Waals surface area contributed by atoms with Gasteiger partial charge in [-0.1, -0.05) is 0 Å². The summed E-state index contributed by atoms with van der Waals surface area (Å²) in [5.41, 5.74) is 6.15. The van der Waals surface area contributed by atoms with Gasteiger partial charge in [0.1, 0.15) is 4.88 Å². The molecule has 1 heterocycles. The van der Waals surface area contributed by atoms with Crippen LogP contribution in [-0.4, -0.2) is 25.5 Å². The smallest absolute Gasteiger partial charge is 0.348 e. The highest BCUT2D eigenvalue weighted by Crippen LogP contribution is 2.23. The first-order valence-corrected chi connectivity index (χ1v) is 5.10. The number of rotatable bonds is 3. The maximum Gasteiger partial charge on any atom is 0.348 e. The van der Waals surface area contributed by atoms with E-state index in [2.05, 4.69) is 5.32 Å². The number of nitrogen functional groups attached to an aromatic ring is 1. The van der Waals surface area contributed by atoms with Gasteiger partial charge in [-0.2, -0.15) is 0 Å². The zero-order chi connectivity index (χ0) is 11.4. The molecule has 0 unspecified atom stereocenters. The second-order valence-electron chi connectivity index (χ2n) is 2.87. The fourth-order valence-electron chi connectivity index (χ4n) is 0.871. The van der Waals surface area contributed by atoms with Crippen LogP contribution < -0.4 is 11.1 Å². The van der Waals surface area contributed by atoms with Crippen molar-refractivity contribution >= 4 is 28.9 Å². The number of aryl methyl sites for hydroxylation is 1. The van der Waals surface area contributed by atoms with Gasteiger partial charge in [0.15, 0.2) is 6.61 Å². The van der Waals surface area contributed by atoms with Gasteiger partial charge >= 0.3 is 5.97 Å². The van der Waals surface area contributed by atoms with E-state index in [0.29, 0.717) is 10.6 Å². The van der Waals surface area contributed by atoms with Gasteiger partial charge in [-0.25, -0.2) is 4.79 Å². The molecule has 1 amide bonds. The second-order valence-corrected chi connectivity index (χ2v) is 4.13. The molecule has 0 radical (unpaired) electrons. The first-order valence-electron chi connectivity index (χ1n) is 4.28. The molecule has 0 spiro atoms. The Morgan fingerprint density at radius 1 is 1.60 bits per heavy atom. The number of carbonyl (C=O) groups is 2. The summed E-state index contributed by atoms with van der Waals surface area (Å²) in [5.74, 6) is -0.868. The number of amides is 1. The Labute approximate surface area is 91.2 Å². The molecular weight excluding hydrogens is 216 g/mol. The Hall–Kier alpha value is -1.56. The van der Waals surface area contributed by atoms with Crippen molar-refractivity contribution in [2.75, 3.05) is 19.4 Å². The molecule has 0 saturated heterocycles. The van der Waals surface area contributed by atoms with Crippen LogP contribution in [-0.2, 0) is 9.53 Å².